The fourth-order valence-electron chi connectivity index (χ4n) is 2.15. The second-order valence-electron chi connectivity index (χ2n) is 5.09. The number of thiophene rings is 1. The SMILES string of the molecule is N=C(/C=C(\NCc1ccccc1F)c1ccc(Cl)s1)c1ncccn1. The highest BCUT2D eigenvalue weighted by Crippen LogP contribution is 2.27. The maximum absolute atomic E-state index is 13.8. The van der Waals surface area contributed by atoms with Crippen LogP contribution in [-0.4, -0.2) is 15.7 Å². The van der Waals surface area contributed by atoms with Crippen LogP contribution in [0.5, 0.6) is 0 Å². The van der Waals surface area contributed by atoms with Gasteiger partial charge in [-0.25, -0.2) is 14.4 Å². The lowest BCUT2D eigenvalue weighted by molar-refractivity contribution is 0.605. The van der Waals surface area contributed by atoms with Crippen LogP contribution in [0.15, 0.2) is 60.9 Å². The van der Waals surface area contributed by atoms with E-state index in [0.29, 0.717) is 21.4 Å². The summed E-state index contributed by atoms with van der Waals surface area (Å²) in [5.41, 5.74) is 1.36. The predicted octanol–water partition coefficient (Wildman–Crippen LogP) is 4.53. The summed E-state index contributed by atoms with van der Waals surface area (Å²) in [5, 5.41) is 11.4. The van der Waals surface area contributed by atoms with Crippen LogP contribution >= 0.6 is 22.9 Å². The van der Waals surface area contributed by atoms with Crippen molar-refractivity contribution >= 4 is 34.3 Å². The second kappa shape index (κ2) is 8.00. The molecule has 0 aliphatic carbocycles. The summed E-state index contributed by atoms with van der Waals surface area (Å²) in [4.78, 5) is 8.99. The standard InChI is InChI=1S/C18H14ClFN4S/c19-17-7-6-16(25-17)15(10-14(21)18-22-8-3-9-23-18)24-11-12-4-1-2-5-13(12)20/h1-10,21,24H,11H2/b15-10-,21-14?. The van der Waals surface area contributed by atoms with Crippen molar-refractivity contribution in [1.29, 1.82) is 5.41 Å². The zero-order chi connectivity index (χ0) is 17.6. The van der Waals surface area contributed by atoms with Crippen LogP contribution < -0.4 is 5.32 Å². The van der Waals surface area contributed by atoms with Gasteiger partial charge in [0.05, 0.1) is 14.9 Å². The molecule has 0 radical (unpaired) electrons. The zero-order valence-corrected chi connectivity index (χ0v) is 14.6. The lowest BCUT2D eigenvalue weighted by atomic mass is 10.2. The van der Waals surface area contributed by atoms with E-state index in [2.05, 4.69) is 15.3 Å². The van der Waals surface area contributed by atoms with Crippen LogP contribution in [-0.2, 0) is 6.54 Å². The maximum Gasteiger partial charge on any atom is 0.177 e. The number of aromatic nitrogens is 2. The Labute approximate surface area is 153 Å². The van der Waals surface area contributed by atoms with Crippen LogP contribution in [0.2, 0.25) is 4.34 Å². The van der Waals surface area contributed by atoms with E-state index in [1.807, 2.05) is 6.07 Å². The summed E-state index contributed by atoms with van der Waals surface area (Å²) in [5.74, 6) is 0.0374. The number of halogens is 2. The number of hydrogen-bond donors (Lipinski definition) is 2. The lowest BCUT2D eigenvalue weighted by Gasteiger charge is -2.11. The van der Waals surface area contributed by atoms with Gasteiger partial charge in [0.2, 0.25) is 0 Å². The molecule has 0 aliphatic heterocycles. The Kier molecular flexibility index (Phi) is 5.53. The van der Waals surface area contributed by atoms with Gasteiger partial charge in [-0.05, 0) is 30.3 Å². The monoisotopic (exact) mass is 372 g/mol. The largest absolute Gasteiger partial charge is 0.380 e. The van der Waals surface area contributed by atoms with E-state index in [9.17, 15) is 4.39 Å². The Balaban J connectivity index is 1.86. The third kappa shape index (κ3) is 4.49. The number of nitrogens with one attached hydrogen (secondary N) is 2. The Morgan fingerprint density at radius 1 is 1.16 bits per heavy atom. The maximum atomic E-state index is 13.8. The number of nitrogens with zero attached hydrogens (tertiary/aromatic N) is 2. The Morgan fingerprint density at radius 2 is 1.92 bits per heavy atom. The molecule has 2 heterocycles. The highest BCUT2D eigenvalue weighted by Gasteiger charge is 2.10. The molecule has 0 unspecified atom stereocenters. The topological polar surface area (TPSA) is 61.7 Å². The predicted molar refractivity (Wildman–Crippen MR) is 99.4 cm³/mol. The molecule has 7 heteroatoms. The number of hydrogen-bond acceptors (Lipinski definition) is 5. The van der Waals surface area contributed by atoms with E-state index < -0.39 is 0 Å². The summed E-state index contributed by atoms with van der Waals surface area (Å²) in [6, 6.07) is 11.9. The highest BCUT2D eigenvalue weighted by molar-refractivity contribution is 7.17. The van der Waals surface area contributed by atoms with Crippen LogP contribution in [0.4, 0.5) is 4.39 Å². The molecule has 0 amide bonds. The summed E-state index contributed by atoms with van der Waals surface area (Å²) >= 11 is 7.40. The molecule has 3 rings (SSSR count). The number of benzene rings is 1. The quantitative estimate of drug-likeness (QED) is 0.625. The Morgan fingerprint density at radius 3 is 2.60 bits per heavy atom. The second-order valence-corrected chi connectivity index (χ2v) is 6.81. The fraction of sp³-hybridized carbons (Fsp3) is 0.0556. The van der Waals surface area contributed by atoms with Gasteiger partial charge < -0.3 is 5.32 Å². The van der Waals surface area contributed by atoms with Gasteiger partial charge >= 0.3 is 0 Å². The minimum atomic E-state index is -0.278. The molecule has 0 bridgehead atoms. The molecule has 0 saturated heterocycles. The molecule has 0 aliphatic rings. The first kappa shape index (κ1) is 17.3. The number of rotatable bonds is 6. The Bertz CT molecular complexity index is 908. The summed E-state index contributed by atoms with van der Waals surface area (Å²) < 4.78 is 14.5. The fourth-order valence-corrected chi connectivity index (χ4v) is 3.18. The molecule has 0 spiro atoms. The number of allylic oxidation sites excluding steroid dienone is 1. The third-order valence-corrected chi connectivity index (χ3v) is 4.63. The van der Waals surface area contributed by atoms with E-state index >= 15 is 0 Å². The van der Waals surface area contributed by atoms with Crippen LogP contribution in [0.1, 0.15) is 16.3 Å². The third-order valence-electron chi connectivity index (χ3n) is 3.36. The molecule has 1 aromatic carbocycles. The molecule has 3 aromatic rings. The van der Waals surface area contributed by atoms with Gasteiger partial charge in [0, 0.05) is 24.5 Å². The first-order valence-electron chi connectivity index (χ1n) is 7.44. The van der Waals surface area contributed by atoms with Crippen molar-refractivity contribution in [3.05, 3.63) is 87.4 Å². The van der Waals surface area contributed by atoms with E-state index in [-0.39, 0.29) is 18.1 Å². The highest BCUT2D eigenvalue weighted by atomic mass is 35.5. The van der Waals surface area contributed by atoms with Crippen molar-refractivity contribution in [1.82, 2.24) is 15.3 Å². The molecule has 0 fully saturated rings. The lowest BCUT2D eigenvalue weighted by Crippen LogP contribution is -2.14. The van der Waals surface area contributed by atoms with Gasteiger partial charge in [0.25, 0.3) is 0 Å². The minimum absolute atomic E-state index is 0.154. The van der Waals surface area contributed by atoms with Gasteiger partial charge in [0.15, 0.2) is 5.82 Å². The molecule has 126 valence electrons. The summed E-state index contributed by atoms with van der Waals surface area (Å²) in [6.07, 6.45) is 4.79. The average molecular weight is 373 g/mol. The minimum Gasteiger partial charge on any atom is -0.380 e. The molecular formula is C18H14ClFN4S. The molecule has 2 N–H and O–H groups in total. The average Bonchev–Trinajstić information content (AvgIpc) is 3.06. The summed E-state index contributed by atoms with van der Waals surface area (Å²) in [7, 11) is 0. The summed E-state index contributed by atoms with van der Waals surface area (Å²) in [6.45, 7) is 0.289. The van der Waals surface area contributed by atoms with Crippen LogP contribution in [0, 0.1) is 11.2 Å². The van der Waals surface area contributed by atoms with Crippen molar-refractivity contribution in [2.45, 2.75) is 6.54 Å². The first-order valence-corrected chi connectivity index (χ1v) is 8.63. The van der Waals surface area contributed by atoms with Crippen molar-refractivity contribution in [2.75, 3.05) is 0 Å². The molecule has 4 nitrogen and oxygen atoms in total. The molecule has 25 heavy (non-hydrogen) atoms. The van der Waals surface area contributed by atoms with Gasteiger partial charge in [0.1, 0.15) is 11.5 Å². The van der Waals surface area contributed by atoms with Gasteiger partial charge in [-0.3, -0.25) is 5.41 Å². The normalized spacial score (nSPS) is 11.4. The molecule has 2 aromatic heterocycles. The van der Waals surface area contributed by atoms with Crippen LogP contribution in [0.3, 0.4) is 0 Å². The van der Waals surface area contributed by atoms with Crippen molar-refractivity contribution < 1.29 is 4.39 Å². The van der Waals surface area contributed by atoms with E-state index in [4.69, 9.17) is 17.0 Å². The van der Waals surface area contributed by atoms with Gasteiger partial charge in [-0.1, -0.05) is 29.8 Å². The van der Waals surface area contributed by atoms with Crippen molar-refractivity contribution in [3.63, 3.8) is 0 Å². The molecule has 0 atom stereocenters. The van der Waals surface area contributed by atoms with Crippen molar-refractivity contribution in [3.8, 4) is 0 Å². The Hall–Kier alpha value is -2.57. The van der Waals surface area contributed by atoms with E-state index in [1.165, 1.54) is 17.4 Å². The van der Waals surface area contributed by atoms with Gasteiger partial charge in [-0.2, -0.15) is 0 Å². The smallest absolute Gasteiger partial charge is 0.177 e. The van der Waals surface area contributed by atoms with Crippen LogP contribution in [0.25, 0.3) is 5.70 Å². The molecular weight excluding hydrogens is 359 g/mol. The van der Waals surface area contributed by atoms with E-state index in [0.717, 1.165) is 4.88 Å². The van der Waals surface area contributed by atoms with Crippen molar-refractivity contribution in [2.24, 2.45) is 0 Å². The first-order chi connectivity index (χ1) is 12.1. The van der Waals surface area contributed by atoms with E-state index in [1.54, 1.807) is 48.8 Å². The van der Waals surface area contributed by atoms with Gasteiger partial charge in [-0.15, -0.1) is 11.3 Å². The molecule has 0 saturated carbocycles. The zero-order valence-electron chi connectivity index (χ0n) is 13.0.